The lowest BCUT2D eigenvalue weighted by Crippen LogP contribution is -2.06. The van der Waals surface area contributed by atoms with Gasteiger partial charge in [0.05, 0.1) is 21.3 Å². The topological polar surface area (TPSA) is 61.8 Å². The second kappa shape index (κ2) is 6.76. The van der Waals surface area contributed by atoms with Crippen LogP contribution in [0.5, 0.6) is 17.2 Å². The van der Waals surface area contributed by atoms with Crippen LogP contribution in [0.15, 0.2) is 36.4 Å². The van der Waals surface area contributed by atoms with Crippen LogP contribution in [0.1, 0.15) is 26.3 Å². The third kappa shape index (κ3) is 2.93. The van der Waals surface area contributed by atoms with Crippen LogP contribution in [-0.4, -0.2) is 33.4 Å². The van der Waals surface area contributed by atoms with Crippen molar-refractivity contribution in [3.8, 4) is 17.2 Å². The molecule has 22 heavy (non-hydrogen) atoms. The monoisotopic (exact) mass is 300 g/mol. The summed E-state index contributed by atoms with van der Waals surface area (Å²) in [6, 6.07) is 9.58. The van der Waals surface area contributed by atoms with Crippen LogP contribution in [0.4, 0.5) is 0 Å². The van der Waals surface area contributed by atoms with E-state index in [1.165, 1.54) is 21.3 Å². The fourth-order valence-electron chi connectivity index (χ4n) is 2.09. The van der Waals surface area contributed by atoms with Crippen molar-refractivity contribution in [1.82, 2.24) is 0 Å². The molecule has 5 nitrogen and oxygen atoms in total. The number of methoxy groups -OCH3 is 3. The van der Waals surface area contributed by atoms with Gasteiger partial charge in [0.2, 0.25) is 0 Å². The molecule has 2 aromatic rings. The zero-order valence-corrected chi connectivity index (χ0v) is 12.6. The number of hydrogen-bond acceptors (Lipinski definition) is 5. The first-order valence-corrected chi connectivity index (χ1v) is 6.54. The van der Waals surface area contributed by atoms with Gasteiger partial charge in [0.25, 0.3) is 0 Å². The molecule has 0 aliphatic heterocycles. The van der Waals surface area contributed by atoms with Gasteiger partial charge < -0.3 is 14.2 Å². The zero-order chi connectivity index (χ0) is 16.1. The van der Waals surface area contributed by atoms with Crippen molar-refractivity contribution in [1.29, 1.82) is 0 Å². The van der Waals surface area contributed by atoms with Crippen LogP contribution in [0, 0.1) is 0 Å². The summed E-state index contributed by atoms with van der Waals surface area (Å²) < 4.78 is 15.4. The maximum absolute atomic E-state index is 12.7. The number of benzene rings is 2. The smallest absolute Gasteiger partial charge is 0.194 e. The maximum atomic E-state index is 12.7. The molecule has 2 aromatic carbocycles. The van der Waals surface area contributed by atoms with Gasteiger partial charge in [-0.25, -0.2) is 0 Å². The van der Waals surface area contributed by atoms with E-state index in [0.29, 0.717) is 34.7 Å². The molecule has 0 fully saturated rings. The van der Waals surface area contributed by atoms with Gasteiger partial charge in [-0.3, -0.25) is 9.59 Å². The largest absolute Gasteiger partial charge is 0.497 e. The third-order valence-electron chi connectivity index (χ3n) is 3.28. The van der Waals surface area contributed by atoms with Crippen LogP contribution in [0.2, 0.25) is 0 Å². The number of ether oxygens (including phenoxy) is 3. The lowest BCUT2D eigenvalue weighted by atomic mass is 9.98. The molecular formula is C17H16O5. The highest BCUT2D eigenvalue weighted by molar-refractivity contribution is 6.13. The maximum Gasteiger partial charge on any atom is 0.194 e. The number of carbonyl (C=O) groups excluding carboxylic acids is 2. The first-order valence-electron chi connectivity index (χ1n) is 6.54. The number of aldehydes is 1. The number of rotatable bonds is 6. The molecular weight excluding hydrogens is 284 g/mol. The van der Waals surface area contributed by atoms with E-state index in [2.05, 4.69) is 0 Å². The fourth-order valence-corrected chi connectivity index (χ4v) is 2.09. The van der Waals surface area contributed by atoms with E-state index in [4.69, 9.17) is 14.2 Å². The van der Waals surface area contributed by atoms with Crippen molar-refractivity contribution in [3.63, 3.8) is 0 Å². The molecule has 0 heterocycles. The van der Waals surface area contributed by atoms with Gasteiger partial charge in [-0.1, -0.05) is 0 Å². The summed E-state index contributed by atoms with van der Waals surface area (Å²) in [5, 5.41) is 0. The summed E-state index contributed by atoms with van der Waals surface area (Å²) in [4.78, 5) is 23.8. The lowest BCUT2D eigenvalue weighted by molar-refractivity contribution is 0.102. The molecule has 2 rings (SSSR count). The summed E-state index contributed by atoms with van der Waals surface area (Å²) in [7, 11) is 4.51. The molecule has 0 amide bonds. The highest BCUT2D eigenvalue weighted by Gasteiger charge is 2.17. The van der Waals surface area contributed by atoms with E-state index >= 15 is 0 Å². The Morgan fingerprint density at radius 2 is 1.64 bits per heavy atom. The van der Waals surface area contributed by atoms with Crippen molar-refractivity contribution < 1.29 is 23.8 Å². The predicted octanol–water partition coefficient (Wildman–Crippen LogP) is 2.76. The van der Waals surface area contributed by atoms with Crippen LogP contribution in [0.25, 0.3) is 0 Å². The molecule has 0 saturated carbocycles. The normalized spacial score (nSPS) is 9.95. The molecule has 5 heteroatoms. The molecule has 0 unspecified atom stereocenters. The summed E-state index contributed by atoms with van der Waals surface area (Å²) in [5.41, 5.74) is 0.983. The molecule has 0 saturated heterocycles. The van der Waals surface area contributed by atoms with Crippen molar-refractivity contribution in [2.45, 2.75) is 0 Å². The highest BCUT2D eigenvalue weighted by atomic mass is 16.5. The Morgan fingerprint density at radius 1 is 0.909 bits per heavy atom. The Hall–Kier alpha value is -2.82. The van der Waals surface area contributed by atoms with E-state index < -0.39 is 0 Å². The molecule has 0 spiro atoms. The van der Waals surface area contributed by atoms with Gasteiger partial charge in [0, 0.05) is 16.7 Å². The minimum absolute atomic E-state index is 0.279. The van der Waals surface area contributed by atoms with Crippen LogP contribution < -0.4 is 14.2 Å². The summed E-state index contributed by atoms with van der Waals surface area (Å²) >= 11 is 0. The Labute approximate surface area is 128 Å². The molecule has 0 aliphatic carbocycles. The third-order valence-corrected chi connectivity index (χ3v) is 3.28. The van der Waals surface area contributed by atoms with Crippen LogP contribution in [-0.2, 0) is 0 Å². The van der Waals surface area contributed by atoms with Gasteiger partial charge in [0.15, 0.2) is 23.6 Å². The van der Waals surface area contributed by atoms with E-state index in [-0.39, 0.29) is 11.3 Å². The predicted molar refractivity (Wildman–Crippen MR) is 81.4 cm³/mol. The number of carbonyl (C=O) groups is 2. The molecule has 0 bridgehead atoms. The van der Waals surface area contributed by atoms with E-state index in [1.54, 1.807) is 36.4 Å². The molecule has 114 valence electrons. The SMILES string of the molecule is COc1ccc(C=O)c(C(=O)c2ccc(OC)c(OC)c2)c1. The van der Waals surface area contributed by atoms with Crippen molar-refractivity contribution >= 4 is 12.1 Å². The molecule has 0 aromatic heterocycles. The second-order valence-electron chi connectivity index (χ2n) is 4.47. The molecule has 0 radical (unpaired) electrons. The first-order chi connectivity index (χ1) is 10.6. The van der Waals surface area contributed by atoms with Crippen LogP contribution in [0.3, 0.4) is 0 Å². The first kappa shape index (κ1) is 15.6. The van der Waals surface area contributed by atoms with Gasteiger partial charge in [0.1, 0.15) is 5.75 Å². The second-order valence-corrected chi connectivity index (χ2v) is 4.47. The Morgan fingerprint density at radius 3 is 2.23 bits per heavy atom. The van der Waals surface area contributed by atoms with Gasteiger partial charge in [-0.2, -0.15) is 0 Å². The average Bonchev–Trinajstić information content (AvgIpc) is 2.59. The standard InChI is InChI=1S/C17H16O5/c1-20-13-6-4-12(10-18)14(9-13)17(19)11-5-7-15(21-2)16(8-11)22-3/h4-10H,1-3H3. The molecule has 0 N–H and O–H groups in total. The Bertz CT molecular complexity index is 706. The Balaban J connectivity index is 2.49. The number of ketones is 1. The van der Waals surface area contributed by atoms with Crippen molar-refractivity contribution in [2.24, 2.45) is 0 Å². The van der Waals surface area contributed by atoms with Crippen molar-refractivity contribution in [2.75, 3.05) is 21.3 Å². The number of hydrogen-bond donors (Lipinski definition) is 0. The highest BCUT2D eigenvalue weighted by Crippen LogP contribution is 2.29. The molecule has 0 atom stereocenters. The van der Waals surface area contributed by atoms with E-state index in [9.17, 15) is 9.59 Å². The van der Waals surface area contributed by atoms with Crippen molar-refractivity contribution in [3.05, 3.63) is 53.1 Å². The summed E-state index contributed by atoms with van der Waals surface area (Å²) in [6.07, 6.45) is 0.646. The molecule has 0 aliphatic rings. The van der Waals surface area contributed by atoms with E-state index in [1.807, 2.05) is 0 Å². The fraction of sp³-hybridized carbons (Fsp3) is 0.176. The van der Waals surface area contributed by atoms with Gasteiger partial charge in [-0.05, 0) is 36.4 Å². The Kier molecular flexibility index (Phi) is 4.78. The average molecular weight is 300 g/mol. The zero-order valence-electron chi connectivity index (χ0n) is 12.6. The van der Waals surface area contributed by atoms with E-state index in [0.717, 1.165) is 0 Å². The minimum Gasteiger partial charge on any atom is -0.497 e. The van der Waals surface area contributed by atoms with Gasteiger partial charge >= 0.3 is 0 Å². The van der Waals surface area contributed by atoms with Crippen LogP contribution >= 0.6 is 0 Å². The lowest BCUT2D eigenvalue weighted by Gasteiger charge is -2.10. The minimum atomic E-state index is -0.290. The van der Waals surface area contributed by atoms with Gasteiger partial charge in [-0.15, -0.1) is 0 Å². The summed E-state index contributed by atoms with van der Waals surface area (Å²) in [6.45, 7) is 0. The quantitative estimate of drug-likeness (QED) is 0.606. The summed E-state index contributed by atoms with van der Waals surface area (Å²) in [5.74, 6) is 1.19.